The lowest BCUT2D eigenvalue weighted by Gasteiger charge is -2.22. The Hall–Kier alpha value is -1.22. The summed E-state index contributed by atoms with van der Waals surface area (Å²) >= 11 is 0. The molecule has 0 saturated carbocycles. The Balaban J connectivity index is 4.32. The topological polar surface area (TPSA) is 124 Å². The van der Waals surface area contributed by atoms with Gasteiger partial charge >= 0.3 is 0 Å². The van der Waals surface area contributed by atoms with Crippen molar-refractivity contribution in [3.63, 3.8) is 0 Å². The van der Waals surface area contributed by atoms with Gasteiger partial charge in [-0.2, -0.15) is 8.42 Å². The van der Waals surface area contributed by atoms with Crippen LogP contribution in [0.2, 0.25) is 0 Å². The molecule has 0 rings (SSSR count). The van der Waals surface area contributed by atoms with Crippen LogP contribution in [0.4, 0.5) is 0 Å². The highest BCUT2D eigenvalue weighted by atomic mass is 32.2. The highest BCUT2D eigenvalue weighted by molar-refractivity contribution is 7.85. The van der Waals surface area contributed by atoms with Crippen molar-refractivity contribution in [2.45, 2.75) is 148 Å². The SMILES string of the molecule is CCCCC/C=C\CCCCCCC(O)C(=O)NC(CS(=O)(=O)O)C(O)/C=C/CCCCCCCCC. The Morgan fingerprint density at radius 2 is 1.19 bits per heavy atom. The molecule has 0 aromatic heterocycles. The molecule has 0 aliphatic carbocycles. The molecular formula is C29H55NO6S. The predicted molar refractivity (Wildman–Crippen MR) is 153 cm³/mol. The normalized spacial score (nSPS) is 14.8. The number of carbonyl (C=O) groups excluding carboxylic acids is 1. The Morgan fingerprint density at radius 3 is 1.76 bits per heavy atom. The summed E-state index contributed by atoms with van der Waals surface area (Å²) < 4.78 is 32.1. The van der Waals surface area contributed by atoms with Crippen molar-refractivity contribution in [2.24, 2.45) is 0 Å². The van der Waals surface area contributed by atoms with Crippen LogP contribution in [0.25, 0.3) is 0 Å². The van der Waals surface area contributed by atoms with Gasteiger partial charge in [-0.25, -0.2) is 0 Å². The minimum atomic E-state index is -4.42. The Morgan fingerprint density at radius 1 is 0.730 bits per heavy atom. The molecule has 7 nitrogen and oxygen atoms in total. The van der Waals surface area contributed by atoms with Crippen LogP contribution in [-0.4, -0.2) is 53.1 Å². The Kier molecular flexibility index (Phi) is 23.1. The minimum absolute atomic E-state index is 0.265. The van der Waals surface area contributed by atoms with Crippen LogP contribution in [0, 0.1) is 0 Å². The summed E-state index contributed by atoms with van der Waals surface area (Å²) in [6.45, 7) is 4.38. The third kappa shape index (κ3) is 23.6. The van der Waals surface area contributed by atoms with Gasteiger partial charge in [-0.1, -0.05) is 109 Å². The standard InChI is InChI=1S/C29H55NO6S/c1-3-5-7-9-11-13-14-16-18-20-22-24-28(32)29(33)30-26(25-37(34,35)36)27(31)23-21-19-17-15-12-10-8-6-4-2/h11,13,21,23,26-28,31-32H,3-10,12,14-20,22,24-25H2,1-2H3,(H,30,33)(H,34,35,36)/b13-11-,23-21+. The maximum absolute atomic E-state index is 12.4. The van der Waals surface area contributed by atoms with Crippen LogP contribution in [-0.2, 0) is 14.9 Å². The number of rotatable bonds is 25. The first kappa shape index (κ1) is 35.8. The number of unbranched alkanes of at least 4 members (excludes halogenated alkanes) is 14. The highest BCUT2D eigenvalue weighted by Crippen LogP contribution is 2.11. The number of nitrogens with one attached hydrogen (secondary N) is 1. The van der Waals surface area contributed by atoms with E-state index in [-0.39, 0.29) is 6.42 Å². The molecule has 1 amide bonds. The summed E-state index contributed by atoms with van der Waals surface area (Å²) in [6, 6.07) is -1.23. The molecule has 0 aromatic carbocycles. The van der Waals surface area contributed by atoms with Crippen molar-refractivity contribution in [1.29, 1.82) is 0 Å². The number of carbonyl (C=O) groups is 1. The van der Waals surface area contributed by atoms with E-state index < -0.39 is 40.0 Å². The van der Waals surface area contributed by atoms with Crippen LogP contribution in [0.15, 0.2) is 24.3 Å². The second-order valence-electron chi connectivity index (χ2n) is 10.2. The molecule has 8 heteroatoms. The third-order valence-electron chi connectivity index (χ3n) is 6.48. The molecule has 37 heavy (non-hydrogen) atoms. The monoisotopic (exact) mass is 545 g/mol. The van der Waals surface area contributed by atoms with Crippen molar-refractivity contribution < 1.29 is 28.0 Å². The van der Waals surface area contributed by atoms with E-state index in [0.29, 0.717) is 6.42 Å². The molecule has 0 bridgehead atoms. The maximum Gasteiger partial charge on any atom is 0.267 e. The Labute approximate surface area is 227 Å². The molecule has 0 aliphatic heterocycles. The fraction of sp³-hybridized carbons (Fsp3) is 0.828. The van der Waals surface area contributed by atoms with Crippen molar-refractivity contribution in [1.82, 2.24) is 5.32 Å². The van der Waals surface area contributed by atoms with Gasteiger partial charge in [0, 0.05) is 0 Å². The van der Waals surface area contributed by atoms with Crippen LogP contribution < -0.4 is 5.32 Å². The molecule has 3 atom stereocenters. The van der Waals surface area contributed by atoms with E-state index in [1.807, 2.05) is 0 Å². The second kappa shape index (κ2) is 23.9. The van der Waals surface area contributed by atoms with Gasteiger partial charge in [-0.15, -0.1) is 0 Å². The highest BCUT2D eigenvalue weighted by Gasteiger charge is 2.27. The number of aliphatic hydroxyl groups is 2. The second-order valence-corrected chi connectivity index (χ2v) is 11.7. The first-order valence-electron chi connectivity index (χ1n) is 14.6. The summed E-state index contributed by atoms with van der Waals surface area (Å²) in [5.74, 6) is -1.55. The van der Waals surface area contributed by atoms with E-state index in [4.69, 9.17) is 0 Å². The maximum atomic E-state index is 12.4. The quantitative estimate of drug-likeness (QED) is 0.0610. The number of aliphatic hydroxyl groups excluding tert-OH is 2. The molecule has 3 unspecified atom stereocenters. The van der Waals surface area contributed by atoms with E-state index in [0.717, 1.165) is 51.4 Å². The van der Waals surface area contributed by atoms with E-state index in [1.165, 1.54) is 57.4 Å². The Bertz CT molecular complexity index is 707. The van der Waals surface area contributed by atoms with Gasteiger partial charge in [0.05, 0.1) is 17.9 Å². The molecule has 0 saturated heterocycles. The zero-order valence-electron chi connectivity index (χ0n) is 23.5. The molecule has 218 valence electrons. The fourth-order valence-corrected chi connectivity index (χ4v) is 4.89. The number of hydrogen-bond donors (Lipinski definition) is 4. The zero-order valence-corrected chi connectivity index (χ0v) is 24.3. The minimum Gasteiger partial charge on any atom is -0.387 e. The summed E-state index contributed by atoms with van der Waals surface area (Å²) in [5, 5.41) is 23.0. The largest absolute Gasteiger partial charge is 0.387 e. The van der Waals surface area contributed by atoms with E-state index in [2.05, 4.69) is 31.3 Å². The van der Waals surface area contributed by atoms with Crippen LogP contribution in [0.3, 0.4) is 0 Å². The van der Waals surface area contributed by atoms with Crippen molar-refractivity contribution in [2.75, 3.05) is 5.75 Å². The summed E-state index contributed by atoms with van der Waals surface area (Å²) in [4.78, 5) is 12.4. The molecule has 0 spiro atoms. The zero-order chi connectivity index (χ0) is 27.8. The summed E-state index contributed by atoms with van der Waals surface area (Å²) in [7, 11) is -4.42. The molecule has 0 heterocycles. The van der Waals surface area contributed by atoms with Gasteiger partial charge in [0.25, 0.3) is 10.1 Å². The van der Waals surface area contributed by atoms with Crippen LogP contribution in [0.1, 0.15) is 129 Å². The van der Waals surface area contributed by atoms with E-state index >= 15 is 0 Å². The number of allylic oxidation sites excluding steroid dienone is 3. The average molecular weight is 546 g/mol. The molecule has 0 radical (unpaired) electrons. The van der Waals surface area contributed by atoms with E-state index in [1.54, 1.807) is 6.08 Å². The van der Waals surface area contributed by atoms with Gasteiger partial charge in [-0.3, -0.25) is 9.35 Å². The van der Waals surface area contributed by atoms with Crippen LogP contribution in [0.5, 0.6) is 0 Å². The van der Waals surface area contributed by atoms with Gasteiger partial charge in [0.2, 0.25) is 5.91 Å². The summed E-state index contributed by atoms with van der Waals surface area (Å²) in [5.41, 5.74) is 0. The first-order valence-corrected chi connectivity index (χ1v) is 16.3. The van der Waals surface area contributed by atoms with Gasteiger partial charge < -0.3 is 15.5 Å². The smallest absolute Gasteiger partial charge is 0.267 e. The van der Waals surface area contributed by atoms with Crippen LogP contribution >= 0.6 is 0 Å². The van der Waals surface area contributed by atoms with Crippen molar-refractivity contribution in [3.05, 3.63) is 24.3 Å². The lowest BCUT2D eigenvalue weighted by molar-refractivity contribution is -0.130. The lowest BCUT2D eigenvalue weighted by atomic mass is 10.1. The van der Waals surface area contributed by atoms with Gasteiger partial charge in [-0.05, 0) is 44.9 Å². The molecule has 4 N–H and O–H groups in total. The van der Waals surface area contributed by atoms with Crippen molar-refractivity contribution >= 4 is 16.0 Å². The molecule has 0 aliphatic rings. The predicted octanol–water partition coefficient (Wildman–Crippen LogP) is 6.25. The average Bonchev–Trinajstić information content (AvgIpc) is 2.84. The van der Waals surface area contributed by atoms with Crippen molar-refractivity contribution in [3.8, 4) is 0 Å². The molecule has 0 aromatic rings. The van der Waals surface area contributed by atoms with E-state index in [9.17, 15) is 28.0 Å². The van der Waals surface area contributed by atoms with Gasteiger partial charge in [0.15, 0.2) is 0 Å². The number of amides is 1. The first-order chi connectivity index (χ1) is 17.7. The number of hydrogen-bond acceptors (Lipinski definition) is 5. The van der Waals surface area contributed by atoms with Gasteiger partial charge in [0.1, 0.15) is 6.10 Å². The molecular weight excluding hydrogens is 490 g/mol. The molecule has 0 fully saturated rings. The third-order valence-corrected chi connectivity index (χ3v) is 7.26. The fourth-order valence-electron chi connectivity index (χ4n) is 4.15. The summed E-state index contributed by atoms with van der Waals surface area (Å²) in [6.07, 6.45) is 23.9. The lowest BCUT2D eigenvalue weighted by Crippen LogP contribution is -2.50.